The highest BCUT2D eigenvalue weighted by Gasteiger charge is 2.01. The van der Waals surface area contributed by atoms with Crippen molar-refractivity contribution in [3.8, 4) is 0 Å². The minimum atomic E-state index is 0.245. The van der Waals surface area contributed by atoms with Gasteiger partial charge in [-0.05, 0) is 19.9 Å². The van der Waals surface area contributed by atoms with E-state index in [0.29, 0.717) is 23.1 Å². The Morgan fingerprint density at radius 3 is 1.43 bits per heavy atom. The molecule has 0 atom stereocenters. The van der Waals surface area contributed by atoms with Crippen LogP contribution in [0.15, 0.2) is 24.8 Å². The van der Waals surface area contributed by atoms with Gasteiger partial charge in [-0.25, -0.2) is 19.9 Å². The Balaban J connectivity index is 0.000000354. The summed E-state index contributed by atoms with van der Waals surface area (Å²) in [5.74, 6) is 0.643. The number of halogens is 3. The van der Waals surface area contributed by atoms with Gasteiger partial charge in [-0.1, -0.05) is 48.7 Å². The van der Waals surface area contributed by atoms with E-state index < -0.39 is 0 Å². The quantitative estimate of drug-likeness (QED) is 0.817. The first-order valence-corrected chi connectivity index (χ1v) is 7.98. The summed E-state index contributed by atoms with van der Waals surface area (Å²) in [4.78, 5) is 15.2. The molecular formula is C14H21Cl3N6. The van der Waals surface area contributed by atoms with Crippen molar-refractivity contribution >= 4 is 40.6 Å². The molecule has 0 aliphatic rings. The summed E-state index contributed by atoms with van der Waals surface area (Å²) in [5.41, 5.74) is 5.11. The van der Waals surface area contributed by atoms with E-state index in [1.807, 2.05) is 27.7 Å². The molecule has 0 aliphatic heterocycles. The number of rotatable bonds is 2. The number of hydrogen-bond donors (Lipinski definition) is 2. The summed E-state index contributed by atoms with van der Waals surface area (Å²) in [6.45, 7) is 7.93. The Kier molecular flexibility index (Phi) is 11.6. The smallest absolute Gasteiger partial charge is 0.171 e. The van der Waals surface area contributed by atoms with Crippen molar-refractivity contribution in [1.29, 1.82) is 0 Å². The Morgan fingerprint density at radius 1 is 0.783 bits per heavy atom. The Morgan fingerprint density at radius 2 is 1.13 bits per heavy atom. The molecule has 9 heteroatoms. The van der Waals surface area contributed by atoms with Crippen LogP contribution >= 0.6 is 34.8 Å². The van der Waals surface area contributed by atoms with Crippen LogP contribution in [0.2, 0.25) is 15.5 Å². The van der Waals surface area contributed by atoms with Crippen molar-refractivity contribution in [2.75, 3.05) is 5.32 Å². The van der Waals surface area contributed by atoms with Crippen molar-refractivity contribution in [2.45, 2.75) is 39.8 Å². The monoisotopic (exact) mass is 378 g/mol. The van der Waals surface area contributed by atoms with Gasteiger partial charge in [0.1, 0.15) is 0 Å². The predicted octanol–water partition coefficient (Wildman–Crippen LogP) is 4.09. The van der Waals surface area contributed by atoms with E-state index in [0.717, 1.165) is 0 Å². The highest BCUT2D eigenvalue weighted by Crippen LogP contribution is 2.14. The van der Waals surface area contributed by atoms with Crippen molar-refractivity contribution in [3.63, 3.8) is 0 Å². The SMILES string of the molecule is CC(C)N.CC(C)Nc1nccnc1Cl.Clc1nccnc1Cl. The molecule has 0 saturated carbocycles. The van der Waals surface area contributed by atoms with Gasteiger partial charge in [-0.3, -0.25) is 0 Å². The normalized spacial score (nSPS) is 9.65. The number of nitrogens with one attached hydrogen (secondary N) is 1. The molecule has 128 valence electrons. The first-order valence-electron chi connectivity index (χ1n) is 6.84. The summed E-state index contributed by atoms with van der Waals surface area (Å²) in [7, 11) is 0. The molecule has 0 saturated heterocycles. The molecule has 0 aliphatic carbocycles. The molecule has 0 unspecified atom stereocenters. The van der Waals surface area contributed by atoms with E-state index in [1.54, 1.807) is 12.4 Å². The second kappa shape index (κ2) is 12.2. The topological polar surface area (TPSA) is 89.6 Å². The van der Waals surface area contributed by atoms with Gasteiger partial charge < -0.3 is 11.1 Å². The Bertz CT molecular complexity index is 542. The molecule has 2 aromatic rings. The number of nitrogens with zero attached hydrogens (tertiary/aromatic N) is 4. The fraction of sp³-hybridized carbons (Fsp3) is 0.429. The summed E-state index contributed by atoms with van der Waals surface area (Å²) < 4.78 is 0. The average molecular weight is 380 g/mol. The van der Waals surface area contributed by atoms with Gasteiger partial charge in [0.15, 0.2) is 21.3 Å². The van der Waals surface area contributed by atoms with E-state index in [4.69, 9.17) is 40.5 Å². The maximum atomic E-state index is 5.73. The van der Waals surface area contributed by atoms with Crippen LogP contribution in [0.5, 0.6) is 0 Å². The molecule has 0 spiro atoms. The molecule has 0 fully saturated rings. The molecule has 2 aromatic heterocycles. The van der Waals surface area contributed by atoms with E-state index in [9.17, 15) is 0 Å². The van der Waals surface area contributed by atoms with E-state index in [-0.39, 0.29) is 10.3 Å². The van der Waals surface area contributed by atoms with Gasteiger partial charge in [0.25, 0.3) is 0 Å². The lowest BCUT2D eigenvalue weighted by atomic mass is 10.4. The lowest BCUT2D eigenvalue weighted by molar-refractivity contribution is 0.834. The van der Waals surface area contributed by atoms with Crippen LogP contribution in [0.25, 0.3) is 0 Å². The Labute approximate surface area is 151 Å². The summed E-state index contributed by atoms with van der Waals surface area (Å²) >= 11 is 16.5. The standard InChI is InChI=1S/C7H10ClN3.C4H2Cl2N2.C3H9N/c1-5(2)11-7-6(8)9-3-4-10-7;5-3-4(6)8-2-1-7-3;1-3(2)4/h3-5H,1-2H3,(H,10,11);1-2H;3H,4H2,1-2H3. The third-order valence-corrected chi connectivity index (χ3v) is 2.62. The molecule has 0 aromatic carbocycles. The lowest BCUT2D eigenvalue weighted by Gasteiger charge is -2.08. The van der Waals surface area contributed by atoms with Gasteiger partial charge >= 0.3 is 0 Å². The van der Waals surface area contributed by atoms with Crippen LogP contribution in [0.3, 0.4) is 0 Å². The maximum absolute atomic E-state index is 5.73. The van der Waals surface area contributed by atoms with E-state index in [1.165, 1.54) is 12.4 Å². The summed E-state index contributed by atoms with van der Waals surface area (Å²) in [5, 5.41) is 3.97. The van der Waals surface area contributed by atoms with Crippen molar-refractivity contribution < 1.29 is 0 Å². The minimum Gasteiger partial charge on any atom is -0.365 e. The van der Waals surface area contributed by atoms with Crippen LogP contribution in [0, 0.1) is 0 Å². The second-order valence-corrected chi connectivity index (χ2v) is 5.95. The molecule has 6 nitrogen and oxygen atoms in total. The average Bonchev–Trinajstić information content (AvgIpc) is 2.44. The van der Waals surface area contributed by atoms with Gasteiger partial charge in [-0.2, -0.15) is 0 Å². The van der Waals surface area contributed by atoms with Crippen molar-refractivity contribution in [1.82, 2.24) is 19.9 Å². The third kappa shape index (κ3) is 11.9. The fourth-order valence-electron chi connectivity index (χ4n) is 0.995. The molecule has 2 rings (SSSR count). The number of anilines is 1. The number of nitrogens with two attached hydrogens (primary N) is 1. The lowest BCUT2D eigenvalue weighted by Crippen LogP contribution is -2.11. The zero-order chi connectivity index (χ0) is 17.8. The van der Waals surface area contributed by atoms with Crippen molar-refractivity contribution in [2.24, 2.45) is 5.73 Å². The number of hydrogen-bond acceptors (Lipinski definition) is 6. The molecule has 0 amide bonds. The van der Waals surface area contributed by atoms with Crippen LogP contribution in [0.4, 0.5) is 5.82 Å². The van der Waals surface area contributed by atoms with E-state index >= 15 is 0 Å². The van der Waals surface area contributed by atoms with E-state index in [2.05, 4.69) is 25.3 Å². The largest absolute Gasteiger partial charge is 0.365 e. The van der Waals surface area contributed by atoms with Crippen LogP contribution in [0.1, 0.15) is 27.7 Å². The Hall–Kier alpha value is -1.21. The summed E-state index contributed by atoms with van der Waals surface area (Å²) in [6, 6.07) is 0.657. The van der Waals surface area contributed by atoms with Gasteiger partial charge in [0.2, 0.25) is 0 Å². The maximum Gasteiger partial charge on any atom is 0.171 e. The van der Waals surface area contributed by atoms with Gasteiger partial charge in [0, 0.05) is 30.8 Å². The molecule has 0 bridgehead atoms. The number of aromatic nitrogens is 4. The molecule has 0 radical (unpaired) electrons. The zero-order valence-electron chi connectivity index (χ0n) is 13.5. The molecule has 2 heterocycles. The molecule has 23 heavy (non-hydrogen) atoms. The highest BCUT2D eigenvalue weighted by atomic mass is 35.5. The summed E-state index contributed by atoms with van der Waals surface area (Å²) in [6.07, 6.45) is 6.13. The van der Waals surface area contributed by atoms with Gasteiger partial charge in [-0.15, -0.1) is 0 Å². The molecular weight excluding hydrogens is 359 g/mol. The minimum absolute atomic E-state index is 0.245. The first kappa shape index (κ1) is 21.8. The zero-order valence-corrected chi connectivity index (χ0v) is 15.7. The van der Waals surface area contributed by atoms with Crippen molar-refractivity contribution in [3.05, 3.63) is 40.2 Å². The second-order valence-electron chi connectivity index (χ2n) is 4.88. The third-order valence-electron chi connectivity index (χ3n) is 1.69. The van der Waals surface area contributed by atoms with Crippen LogP contribution < -0.4 is 11.1 Å². The highest BCUT2D eigenvalue weighted by molar-refractivity contribution is 6.40. The van der Waals surface area contributed by atoms with Crippen LogP contribution in [-0.4, -0.2) is 32.0 Å². The first-order chi connectivity index (χ1) is 10.7. The van der Waals surface area contributed by atoms with Crippen LogP contribution in [-0.2, 0) is 0 Å². The fourth-order valence-corrected chi connectivity index (χ4v) is 1.37. The predicted molar refractivity (Wildman–Crippen MR) is 97.2 cm³/mol. The van der Waals surface area contributed by atoms with Gasteiger partial charge in [0.05, 0.1) is 0 Å². The molecule has 3 N–H and O–H groups in total.